The van der Waals surface area contributed by atoms with Gasteiger partial charge in [0.25, 0.3) is 5.56 Å². The van der Waals surface area contributed by atoms with Crippen molar-refractivity contribution in [2.45, 2.75) is 109 Å². The summed E-state index contributed by atoms with van der Waals surface area (Å²) in [6.07, 6.45) is 12.9. The summed E-state index contributed by atoms with van der Waals surface area (Å²) in [5.41, 5.74) is 1.53. The molecule has 0 amide bonds. The van der Waals surface area contributed by atoms with E-state index in [2.05, 4.69) is 23.7 Å². The molecule has 6 rings (SSSR count). The van der Waals surface area contributed by atoms with E-state index in [1.165, 1.54) is 58.3 Å². The predicted octanol–water partition coefficient (Wildman–Crippen LogP) is 6.01. The number of piperidine rings is 2. The Kier molecular flexibility index (Phi) is 6.11. The largest absolute Gasteiger partial charge is 0.302 e. The van der Waals surface area contributed by atoms with Gasteiger partial charge in [-0.2, -0.15) is 0 Å². The fourth-order valence-corrected chi connectivity index (χ4v) is 8.60. The first-order valence-corrected chi connectivity index (χ1v) is 14.2. The highest BCUT2D eigenvalue weighted by molar-refractivity contribution is 5.93. The molecular weight excluding hydrogens is 434 g/mol. The Morgan fingerprint density at radius 3 is 2.17 bits per heavy atom. The molecule has 2 aromatic rings. The maximum absolute atomic E-state index is 13.5. The van der Waals surface area contributed by atoms with Gasteiger partial charge in [-0.3, -0.25) is 14.5 Å². The Balaban J connectivity index is 1.29. The van der Waals surface area contributed by atoms with Gasteiger partial charge < -0.3 is 4.57 Å². The van der Waals surface area contributed by atoms with Crippen molar-refractivity contribution in [3.8, 4) is 0 Å². The maximum Gasteiger partial charge on any atom is 0.280 e. The van der Waals surface area contributed by atoms with E-state index >= 15 is 0 Å². The molecule has 5 heteroatoms. The molecule has 1 aromatic carbocycles. The molecule has 7 atom stereocenters. The number of carbonyl (C=O) groups excluding carboxylic acids is 1. The second-order valence-electron chi connectivity index (χ2n) is 12.6. The average molecular weight is 476 g/mol. The smallest absolute Gasteiger partial charge is 0.280 e. The number of aromatic nitrogens is 2. The summed E-state index contributed by atoms with van der Waals surface area (Å²) in [5.74, 6) is 3.32. The summed E-state index contributed by atoms with van der Waals surface area (Å²) in [6, 6.07) is 9.83. The number of nitrogens with zero attached hydrogens (tertiary/aromatic N) is 3. The van der Waals surface area contributed by atoms with Gasteiger partial charge >= 0.3 is 0 Å². The Hall–Kier alpha value is -2.01. The van der Waals surface area contributed by atoms with Crippen molar-refractivity contribution in [3.63, 3.8) is 0 Å². The van der Waals surface area contributed by atoms with Crippen molar-refractivity contribution >= 4 is 16.8 Å². The van der Waals surface area contributed by atoms with Crippen LogP contribution in [0.2, 0.25) is 0 Å². The summed E-state index contributed by atoms with van der Waals surface area (Å²) in [5, 5.41) is 0. The highest BCUT2D eigenvalue weighted by atomic mass is 16.1. The van der Waals surface area contributed by atoms with Crippen LogP contribution in [-0.4, -0.2) is 38.4 Å². The third kappa shape index (κ3) is 4.18. The molecule has 0 N–H and O–H groups in total. The number of carbonyl (C=O) groups is 1. The highest BCUT2D eigenvalue weighted by Crippen LogP contribution is 2.49. The van der Waals surface area contributed by atoms with Crippen LogP contribution >= 0.6 is 0 Å². The third-order valence-electron chi connectivity index (χ3n) is 10.0. The highest BCUT2D eigenvalue weighted by Gasteiger charge is 2.46. The molecule has 4 aliphatic rings. The van der Waals surface area contributed by atoms with E-state index in [0.717, 1.165) is 53.6 Å². The zero-order chi connectivity index (χ0) is 24.3. The Labute approximate surface area is 209 Å². The molecule has 2 saturated heterocycles. The SMILES string of the molecule is CC(=O)c1nc2ccccc2n([C@H]2C[C@H]3CCC[C@@H](C2)N3[C@@H]2C[C@@H]3C[C@@H](C[C@@H](C(C)C)C3)C2)c1=O. The van der Waals surface area contributed by atoms with Crippen LogP contribution in [0.5, 0.6) is 0 Å². The molecule has 5 nitrogen and oxygen atoms in total. The number of hydrogen-bond donors (Lipinski definition) is 0. The third-order valence-corrected chi connectivity index (χ3v) is 10.0. The number of rotatable bonds is 4. The van der Waals surface area contributed by atoms with Gasteiger partial charge in [-0.05, 0) is 93.6 Å². The summed E-state index contributed by atoms with van der Waals surface area (Å²) < 4.78 is 1.95. The topological polar surface area (TPSA) is 55.2 Å². The summed E-state index contributed by atoms with van der Waals surface area (Å²) in [4.78, 5) is 33.2. The van der Waals surface area contributed by atoms with Crippen molar-refractivity contribution in [1.82, 2.24) is 14.5 Å². The molecule has 4 fully saturated rings. The number of hydrogen-bond acceptors (Lipinski definition) is 4. The fourth-order valence-electron chi connectivity index (χ4n) is 8.60. The van der Waals surface area contributed by atoms with E-state index < -0.39 is 0 Å². The Morgan fingerprint density at radius 1 is 0.886 bits per heavy atom. The molecule has 35 heavy (non-hydrogen) atoms. The first-order valence-electron chi connectivity index (χ1n) is 14.2. The molecule has 0 radical (unpaired) electrons. The zero-order valence-corrected chi connectivity index (χ0v) is 21.7. The van der Waals surface area contributed by atoms with E-state index in [0.29, 0.717) is 12.1 Å². The van der Waals surface area contributed by atoms with Crippen LogP contribution in [0.3, 0.4) is 0 Å². The lowest BCUT2D eigenvalue weighted by Crippen LogP contribution is -2.59. The molecule has 0 unspecified atom stereocenters. The van der Waals surface area contributed by atoms with Gasteiger partial charge in [0, 0.05) is 31.1 Å². The Bertz CT molecular complexity index is 1140. The lowest BCUT2D eigenvalue weighted by Gasteiger charge is -2.56. The maximum atomic E-state index is 13.5. The number of fused-ring (bicyclic) bond motifs is 5. The van der Waals surface area contributed by atoms with Gasteiger partial charge in [0.05, 0.1) is 11.0 Å². The molecule has 2 saturated carbocycles. The number of para-hydroxylation sites is 2. The quantitative estimate of drug-likeness (QED) is 0.508. The van der Waals surface area contributed by atoms with E-state index in [9.17, 15) is 9.59 Å². The minimum Gasteiger partial charge on any atom is -0.302 e. The number of Topliss-reactive ketones (excluding diaryl/α,β-unsaturated/α-hetero) is 1. The van der Waals surface area contributed by atoms with E-state index in [1.807, 2.05) is 28.8 Å². The van der Waals surface area contributed by atoms with Crippen LogP contribution < -0.4 is 5.56 Å². The molecule has 188 valence electrons. The molecule has 0 spiro atoms. The van der Waals surface area contributed by atoms with Gasteiger partial charge in [0.2, 0.25) is 0 Å². The lowest BCUT2D eigenvalue weighted by molar-refractivity contribution is -0.0554. The van der Waals surface area contributed by atoms with Crippen molar-refractivity contribution in [1.29, 1.82) is 0 Å². The van der Waals surface area contributed by atoms with Gasteiger partial charge in [-0.25, -0.2) is 4.98 Å². The first-order chi connectivity index (χ1) is 16.9. The fraction of sp³-hybridized carbons (Fsp3) is 0.700. The standard InChI is InChI=1S/C30H41N3O2/c1-18(2)22-12-20-11-21(13-22)15-25(14-20)32-23-7-6-8-24(32)17-26(16-23)33-28-10-5-4-9-27(28)31-29(19(3)34)30(33)35/h4-5,9-10,18,20-26H,6-8,11-17H2,1-3H3/t20-,21+,22+,23-,24+,25-,26+. The molecule has 2 aliphatic carbocycles. The van der Waals surface area contributed by atoms with Crippen LogP contribution in [0.25, 0.3) is 11.0 Å². The van der Waals surface area contributed by atoms with Crippen LogP contribution in [0, 0.1) is 23.7 Å². The molecule has 3 heterocycles. The summed E-state index contributed by atoms with van der Waals surface area (Å²) in [7, 11) is 0. The predicted molar refractivity (Wildman–Crippen MR) is 140 cm³/mol. The van der Waals surface area contributed by atoms with Gasteiger partial charge in [-0.15, -0.1) is 0 Å². The second-order valence-corrected chi connectivity index (χ2v) is 12.6. The van der Waals surface area contributed by atoms with Crippen LogP contribution in [0.4, 0.5) is 0 Å². The van der Waals surface area contributed by atoms with Crippen LogP contribution in [0.15, 0.2) is 29.1 Å². The monoisotopic (exact) mass is 475 g/mol. The van der Waals surface area contributed by atoms with E-state index in [4.69, 9.17) is 0 Å². The molecule has 4 bridgehead atoms. The van der Waals surface area contributed by atoms with Crippen molar-refractivity contribution in [3.05, 3.63) is 40.3 Å². The number of ketones is 1. The average Bonchev–Trinajstić information content (AvgIpc) is 2.82. The lowest BCUT2D eigenvalue weighted by atomic mass is 9.63. The van der Waals surface area contributed by atoms with Gasteiger partial charge in [0.15, 0.2) is 11.5 Å². The van der Waals surface area contributed by atoms with Crippen LogP contribution in [-0.2, 0) is 0 Å². The normalized spacial score (nSPS) is 35.4. The summed E-state index contributed by atoms with van der Waals surface area (Å²) in [6.45, 7) is 6.30. The zero-order valence-electron chi connectivity index (χ0n) is 21.7. The Morgan fingerprint density at radius 2 is 1.54 bits per heavy atom. The summed E-state index contributed by atoms with van der Waals surface area (Å²) >= 11 is 0. The molecule has 1 aromatic heterocycles. The minimum atomic E-state index is -0.236. The number of benzene rings is 1. The van der Waals surface area contributed by atoms with E-state index in [1.54, 1.807) is 0 Å². The first kappa shape index (κ1) is 23.4. The van der Waals surface area contributed by atoms with Gasteiger partial charge in [-0.1, -0.05) is 32.4 Å². The molecular formula is C30H41N3O2. The molecule has 2 aliphatic heterocycles. The van der Waals surface area contributed by atoms with Crippen molar-refractivity contribution in [2.24, 2.45) is 23.7 Å². The van der Waals surface area contributed by atoms with Crippen molar-refractivity contribution in [2.75, 3.05) is 0 Å². The minimum absolute atomic E-state index is 0.0936. The van der Waals surface area contributed by atoms with Gasteiger partial charge in [0.1, 0.15) is 0 Å². The second kappa shape index (κ2) is 9.14. The van der Waals surface area contributed by atoms with Crippen LogP contribution in [0.1, 0.15) is 102 Å². The van der Waals surface area contributed by atoms with E-state index in [-0.39, 0.29) is 23.1 Å². The van der Waals surface area contributed by atoms with Crippen molar-refractivity contribution < 1.29 is 4.79 Å².